The third-order valence-corrected chi connectivity index (χ3v) is 3.79. The van der Waals surface area contributed by atoms with Gasteiger partial charge in [-0.3, -0.25) is 4.98 Å². The van der Waals surface area contributed by atoms with Gasteiger partial charge in [0, 0.05) is 11.8 Å². The molecule has 3 aromatic rings. The second-order valence-corrected chi connectivity index (χ2v) is 5.14. The summed E-state index contributed by atoms with van der Waals surface area (Å²) >= 11 is 0. The summed E-state index contributed by atoms with van der Waals surface area (Å²) in [5, 5.41) is 20.6. The zero-order chi connectivity index (χ0) is 15.4. The van der Waals surface area contributed by atoms with Crippen molar-refractivity contribution >= 4 is 0 Å². The van der Waals surface area contributed by atoms with Gasteiger partial charge in [0.25, 0.3) is 0 Å². The topological polar surface area (TPSA) is 53.4 Å². The molecule has 1 aromatic heterocycles. The minimum absolute atomic E-state index is 0.116. The standard InChI is InChI=1S/C19H17NO2/c21-14-18-12-11-17(13-20-18)19(22,15-7-3-1-4-8-15)16-9-5-2-6-10-16/h1-13,21-22H,14H2. The van der Waals surface area contributed by atoms with Gasteiger partial charge in [0.05, 0.1) is 12.3 Å². The molecule has 22 heavy (non-hydrogen) atoms. The van der Waals surface area contributed by atoms with Crippen molar-refractivity contribution in [2.75, 3.05) is 0 Å². The van der Waals surface area contributed by atoms with E-state index >= 15 is 0 Å². The first kappa shape index (κ1) is 14.4. The number of nitrogens with zero attached hydrogens (tertiary/aromatic N) is 1. The molecule has 0 spiro atoms. The Morgan fingerprint density at radius 3 is 1.68 bits per heavy atom. The lowest BCUT2D eigenvalue weighted by Crippen LogP contribution is -2.29. The van der Waals surface area contributed by atoms with Crippen molar-refractivity contribution in [3.8, 4) is 0 Å². The third-order valence-electron chi connectivity index (χ3n) is 3.79. The van der Waals surface area contributed by atoms with Gasteiger partial charge in [-0.15, -0.1) is 0 Å². The van der Waals surface area contributed by atoms with E-state index in [4.69, 9.17) is 5.11 Å². The van der Waals surface area contributed by atoms with Gasteiger partial charge in [-0.1, -0.05) is 66.7 Å². The lowest BCUT2D eigenvalue weighted by Gasteiger charge is -2.29. The van der Waals surface area contributed by atoms with Crippen molar-refractivity contribution in [3.05, 3.63) is 101 Å². The summed E-state index contributed by atoms with van der Waals surface area (Å²) in [5.74, 6) is 0. The van der Waals surface area contributed by atoms with Crippen LogP contribution in [0.4, 0.5) is 0 Å². The van der Waals surface area contributed by atoms with Crippen molar-refractivity contribution in [1.29, 1.82) is 0 Å². The van der Waals surface area contributed by atoms with Crippen molar-refractivity contribution in [3.63, 3.8) is 0 Å². The van der Waals surface area contributed by atoms with Crippen molar-refractivity contribution in [2.24, 2.45) is 0 Å². The van der Waals surface area contributed by atoms with Crippen LogP contribution in [-0.2, 0) is 12.2 Å². The number of aliphatic hydroxyl groups is 2. The summed E-state index contributed by atoms with van der Waals surface area (Å²) in [6, 6.07) is 22.6. The normalized spacial score (nSPS) is 11.4. The van der Waals surface area contributed by atoms with Crippen LogP contribution in [0.5, 0.6) is 0 Å². The highest BCUT2D eigenvalue weighted by Crippen LogP contribution is 2.36. The van der Waals surface area contributed by atoms with Crippen LogP contribution in [0, 0.1) is 0 Å². The van der Waals surface area contributed by atoms with Crippen LogP contribution in [-0.4, -0.2) is 15.2 Å². The quantitative estimate of drug-likeness (QED) is 0.777. The number of aliphatic hydroxyl groups excluding tert-OH is 1. The fourth-order valence-corrected chi connectivity index (χ4v) is 2.59. The molecule has 0 radical (unpaired) electrons. The first-order valence-corrected chi connectivity index (χ1v) is 7.15. The summed E-state index contributed by atoms with van der Waals surface area (Å²) in [5.41, 5.74) is 1.53. The maximum atomic E-state index is 11.5. The number of hydrogen-bond donors (Lipinski definition) is 2. The van der Waals surface area contributed by atoms with E-state index in [-0.39, 0.29) is 6.61 Å². The highest BCUT2D eigenvalue weighted by molar-refractivity contribution is 5.46. The highest BCUT2D eigenvalue weighted by Gasteiger charge is 2.33. The van der Waals surface area contributed by atoms with Gasteiger partial charge in [-0.05, 0) is 17.2 Å². The first-order valence-electron chi connectivity index (χ1n) is 7.15. The molecule has 0 aliphatic carbocycles. The average Bonchev–Trinajstić information content (AvgIpc) is 2.62. The van der Waals surface area contributed by atoms with Gasteiger partial charge in [0.15, 0.2) is 0 Å². The summed E-state index contributed by atoms with van der Waals surface area (Å²) in [4.78, 5) is 4.20. The Bertz CT molecular complexity index is 685. The van der Waals surface area contributed by atoms with E-state index in [0.29, 0.717) is 11.3 Å². The number of benzene rings is 2. The SMILES string of the molecule is OCc1ccc(C(O)(c2ccccc2)c2ccccc2)cn1. The van der Waals surface area contributed by atoms with Gasteiger partial charge in [0.2, 0.25) is 0 Å². The lowest BCUT2D eigenvalue weighted by molar-refractivity contribution is 0.125. The minimum atomic E-state index is -1.27. The van der Waals surface area contributed by atoms with Crippen molar-refractivity contribution in [2.45, 2.75) is 12.2 Å². The maximum absolute atomic E-state index is 11.5. The van der Waals surface area contributed by atoms with Crippen molar-refractivity contribution < 1.29 is 10.2 Å². The van der Waals surface area contributed by atoms with E-state index in [2.05, 4.69) is 4.98 Å². The largest absolute Gasteiger partial charge is 0.390 e. The molecular formula is C19H17NO2. The summed E-state index contributed by atoms with van der Waals surface area (Å²) < 4.78 is 0. The number of pyridine rings is 1. The molecule has 0 bridgehead atoms. The summed E-state index contributed by atoms with van der Waals surface area (Å²) in [6.07, 6.45) is 1.62. The predicted octanol–water partition coefficient (Wildman–Crippen LogP) is 2.86. The van der Waals surface area contributed by atoms with Gasteiger partial charge in [-0.2, -0.15) is 0 Å². The fourth-order valence-electron chi connectivity index (χ4n) is 2.59. The molecule has 110 valence electrons. The van der Waals surface area contributed by atoms with Crippen LogP contribution in [0.1, 0.15) is 22.4 Å². The molecule has 0 saturated carbocycles. The van der Waals surface area contributed by atoms with E-state index in [1.54, 1.807) is 18.3 Å². The third kappa shape index (κ3) is 2.52. The van der Waals surface area contributed by atoms with E-state index in [1.807, 2.05) is 60.7 Å². The lowest BCUT2D eigenvalue weighted by atomic mass is 9.81. The molecule has 0 aliphatic heterocycles. The molecule has 1 heterocycles. The van der Waals surface area contributed by atoms with Gasteiger partial charge >= 0.3 is 0 Å². The Balaban J connectivity index is 2.18. The maximum Gasteiger partial charge on any atom is 0.142 e. The molecule has 3 heteroatoms. The molecule has 0 aliphatic rings. The molecule has 0 saturated heterocycles. The molecule has 0 atom stereocenters. The van der Waals surface area contributed by atoms with Crippen LogP contribution >= 0.6 is 0 Å². The van der Waals surface area contributed by atoms with Crippen LogP contribution < -0.4 is 0 Å². The Morgan fingerprint density at radius 1 is 0.727 bits per heavy atom. The van der Waals surface area contributed by atoms with Crippen LogP contribution in [0.3, 0.4) is 0 Å². The second-order valence-electron chi connectivity index (χ2n) is 5.14. The Morgan fingerprint density at radius 2 is 1.27 bits per heavy atom. The van der Waals surface area contributed by atoms with E-state index in [0.717, 1.165) is 11.1 Å². The number of hydrogen-bond acceptors (Lipinski definition) is 3. The number of aromatic nitrogens is 1. The van der Waals surface area contributed by atoms with Crippen LogP contribution in [0.15, 0.2) is 79.0 Å². The fraction of sp³-hybridized carbons (Fsp3) is 0.105. The molecule has 0 amide bonds. The molecular weight excluding hydrogens is 274 g/mol. The van der Waals surface area contributed by atoms with E-state index in [1.165, 1.54) is 0 Å². The highest BCUT2D eigenvalue weighted by atomic mass is 16.3. The predicted molar refractivity (Wildman–Crippen MR) is 85.1 cm³/mol. The molecule has 0 unspecified atom stereocenters. The Kier molecular flexibility index (Phi) is 4.00. The van der Waals surface area contributed by atoms with Crippen molar-refractivity contribution in [1.82, 2.24) is 4.98 Å². The Labute approximate surface area is 129 Å². The van der Waals surface area contributed by atoms with E-state index in [9.17, 15) is 5.11 Å². The molecule has 3 rings (SSSR count). The van der Waals surface area contributed by atoms with Gasteiger partial charge in [-0.25, -0.2) is 0 Å². The Hall–Kier alpha value is -2.49. The van der Waals surface area contributed by atoms with Gasteiger partial charge in [0.1, 0.15) is 5.60 Å². The molecule has 3 nitrogen and oxygen atoms in total. The molecule has 2 aromatic carbocycles. The van der Waals surface area contributed by atoms with E-state index < -0.39 is 5.60 Å². The zero-order valence-corrected chi connectivity index (χ0v) is 12.1. The van der Waals surface area contributed by atoms with Gasteiger partial charge < -0.3 is 10.2 Å². The smallest absolute Gasteiger partial charge is 0.142 e. The first-order chi connectivity index (χ1) is 10.7. The molecule has 0 fully saturated rings. The monoisotopic (exact) mass is 291 g/mol. The van der Waals surface area contributed by atoms with Crippen LogP contribution in [0.25, 0.3) is 0 Å². The average molecular weight is 291 g/mol. The second kappa shape index (κ2) is 6.10. The van der Waals surface area contributed by atoms with Crippen LogP contribution in [0.2, 0.25) is 0 Å². The zero-order valence-electron chi connectivity index (χ0n) is 12.1. The minimum Gasteiger partial charge on any atom is -0.390 e. The molecule has 2 N–H and O–H groups in total. The summed E-state index contributed by atoms with van der Waals surface area (Å²) in [7, 11) is 0. The summed E-state index contributed by atoms with van der Waals surface area (Å²) in [6.45, 7) is -0.116. The number of rotatable bonds is 4.